The van der Waals surface area contributed by atoms with Gasteiger partial charge >= 0.3 is 0 Å². The second-order valence-electron chi connectivity index (χ2n) is 4.09. The molecule has 100 valence electrons. The van der Waals surface area contributed by atoms with Gasteiger partial charge in [0.2, 0.25) is 0 Å². The summed E-state index contributed by atoms with van der Waals surface area (Å²) in [5, 5.41) is 3.19. The molecule has 0 fully saturated rings. The molecule has 0 saturated carbocycles. The van der Waals surface area contributed by atoms with Gasteiger partial charge in [0.15, 0.2) is 0 Å². The summed E-state index contributed by atoms with van der Waals surface area (Å²) >= 11 is 3.22. The number of aromatic nitrogens is 3. The van der Waals surface area contributed by atoms with E-state index in [1.165, 1.54) is 6.20 Å². The van der Waals surface area contributed by atoms with Crippen LogP contribution in [0.25, 0.3) is 0 Å². The predicted octanol–water partition coefficient (Wildman–Crippen LogP) is 2.19. The highest BCUT2D eigenvalue weighted by atomic mass is 79.9. The Hall–Kier alpha value is -1.69. The van der Waals surface area contributed by atoms with Gasteiger partial charge in [-0.3, -0.25) is 9.36 Å². The topological polar surface area (TPSA) is 59.8 Å². The minimum absolute atomic E-state index is 0.0844. The van der Waals surface area contributed by atoms with E-state index in [-0.39, 0.29) is 5.56 Å². The zero-order valence-electron chi connectivity index (χ0n) is 10.9. The zero-order valence-corrected chi connectivity index (χ0v) is 12.4. The van der Waals surface area contributed by atoms with E-state index in [2.05, 4.69) is 31.2 Å². The third-order valence-corrected chi connectivity index (χ3v) is 3.31. The fourth-order valence-electron chi connectivity index (χ4n) is 1.80. The van der Waals surface area contributed by atoms with Crippen molar-refractivity contribution in [3.05, 3.63) is 50.7 Å². The number of halogens is 1. The molecule has 1 N–H and O–H groups in total. The lowest BCUT2D eigenvalue weighted by Gasteiger charge is -2.12. The van der Waals surface area contributed by atoms with Crippen LogP contribution < -0.4 is 10.9 Å². The molecule has 6 heteroatoms. The third-order valence-electron chi connectivity index (χ3n) is 2.77. The number of anilines is 1. The highest BCUT2D eigenvalue weighted by Gasteiger charge is 2.09. The molecule has 0 spiro atoms. The Labute approximate surface area is 119 Å². The summed E-state index contributed by atoms with van der Waals surface area (Å²) in [7, 11) is 0. The molecule has 0 unspecified atom stereocenters. The maximum absolute atomic E-state index is 12.1. The molecule has 0 aliphatic carbocycles. The lowest BCUT2D eigenvalue weighted by atomic mass is 10.2. The quantitative estimate of drug-likeness (QED) is 0.937. The average Bonchev–Trinajstić information content (AvgIpc) is 2.41. The normalized spacial score (nSPS) is 10.5. The number of hydrogen-bond donors (Lipinski definition) is 1. The molecule has 2 aromatic heterocycles. The van der Waals surface area contributed by atoms with Crippen molar-refractivity contribution in [1.29, 1.82) is 0 Å². The first-order valence-electron chi connectivity index (χ1n) is 6.03. The van der Waals surface area contributed by atoms with E-state index >= 15 is 0 Å². The first-order chi connectivity index (χ1) is 9.13. The van der Waals surface area contributed by atoms with Crippen LogP contribution in [0, 0.1) is 6.92 Å². The van der Waals surface area contributed by atoms with Gasteiger partial charge in [-0.25, -0.2) is 9.97 Å². The summed E-state index contributed by atoms with van der Waals surface area (Å²) < 4.78 is 2.09. The second kappa shape index (κ2) is 5.97. The lowest BCUT2D eigenvalue weighted by molar-refractivity contribution is 0.694. The third kappa shape index (κ3) is 3.01. The van der Waals surface area contributed by atoms with Crippen LogP contribution in [-0.2, 0) is 6.54 Å². The van der Waals surface area contributed by atoms with E-state index in [0.717, 1.165) is 17.9 Å². The second-order valence-corrected chi connectivity index (χ2v) is 4.94. The Morgan fingerprint density at radius 2 is 2.21 bits per heavy atom. The van der Waals surface area contributed by atoms with E-state index in [1.54, 1.807) is 10.8 Å². The van der Waals surface area contributed by atoms with Gasteiger partial charge in [-0.2, -0.15) is 0 Å². The molecule has 0 aromatic carbocycles. The van der Waals surface area contributed by atoms with Crippen molar-refractivity contribution in [2.45, 2.75) is 20.4 Å². The van der Waals surface area contributed by atoms with Gasteiger partial charge in [0, 0.05) is 24.5 Å². The van der Waals surface area contributed by atoms with Crippen molar-refractivity contribution in [2.75, 3.05) is 11.9 Å². The summed E-state index contributed by atoms with van der Waals surface area (Å²) in [6.07, 6.45) is 3.26. The molecule has 0 bridgehead atoms. The Kier molecular flexibility index (Phi) is 4.31. The maximum atomic E-state index is 12.1. The van der Waals surface area contributed by atoms with Gasteiger partial charge in [0.25, 0.3) is 5.56 Å². The summed E-state index contributed by atoms with van der Waals surface area (Å²) in [4.78, 5) is 20.6. The molecular formula is C13H15BrN4O. The van der Waals surface area contributed by atoms with Gasteiger partial charge in [-0.15, -0.1) is 0 Å². The number of pyridine rings is 1. The van der Waals surface area contributed by atoms with Crippen LogP contribution in [-0.4, -0.2) is 21.1 Å². The molecule has 2 rings (SSSR count). The fourth-order valence-corrected chi connectivity index (χ4v) is 2.12. The first-order valence-corrected chi connectivity index (χ1v) is 6.82. The van der Waals surface area contributed by atoms with Crippen LogP contribution >= 0.6 is 15.9 Å². The van der Waals surface area contributed by atoms with Crippen LogP contribution in [0.2, 0.25) is 0 Å². The monoisotopic (exact) mass is 322 g/mol. The van der Waals surface area contributed by atoms with Crippen molar-refractivity contribution in [3.63, 3.8) is 0 Å². The van der Waals surface area contributed by atoms with E-state index < -0.39 is 0 Å². The van der Waals surface area contributed by atoms with Gasteiger partial charge in [0.1, 0.15) is 16.1 Å². The summed E-state index contributed by atoms with van der Waals surface area (Å²) in [5.41, 5.74) is 0.883. The molecule has 5 nitrogen and oxygen atoms in total. The molecular weight excluding hydrogens is 308 g/mol. The number of hydrogen-bond acceptors (Lipinski definition) is 4. The number of aryl methyl sites for hydroxylation is 1. The maximum Gasteiger partial charge on any atom is 0.268 e. The van der Waals surface area contributed by atoms with Gasteiger partial charge < -0.3 is 5.32 Å². The Morgan fingerprint density at radius 1 is 1.42 bits per heavy atom. The Balaban J connectivity index is 2.42. The van der Waals surface area contributed by atoms with Crippen molar-refractivity contribution in [3.8, 4) is 0 Å². The Bertz CT molecular complexity index is 639. The van der Waals surface area contributed by atoms with E-state index in [9.17, 15) is 4.79 Å². The highest BCUT2D eigenvalue weighted by molar-refractivity contribution is 9.10. The largest absolute Gasteiger partial charge is 0.370 e. The smallest absolute Gasteiger partial charge is 0.268 e. The SMILES string of the molecule is CCNc1ncccc1Cn1c(C)ncc(Br)c1=O. The standard InChI is InChI=1S/C13H15BrN4O/c1-3-15-12-10(5-4-6-16-12)8-18-9(2)17-7-11(14)13(18)19/h4-7H,3,8H2,1-2H3,(H,15,16). The average molecular weight is 323 g/mol. The van der Waals surface area contributed by atoms with Crippen molar-refractivity contribution >= 4 is 21.7 Å². The van der Waals surface area contributed by atoms with Crippen molar-refractivity contribution < 1.29 is 0 Å². The van der Waals surface area contributed by atoms with Crippen LogP contribution in [0.5, 0.6) is 0 Å². The summed E-state index contributed by atoms with van der Waals surface area (Å²) in [6, 6.07) is 3.82. The van der Waals surface area contributed by atoms with Gasteiger partial charge in [-0.05, 0) is 35.8 Å². The Morgan fingerprint density at radius 3 is 2.95 bits per heavy atom. The van der Waals surface area contributed by atoms with E-state index in [0.29, 0.717) is 16.8 Å². The molecule has 0 amide bonds. The molecule has 19 heavy (non-hydrogen) atoms. The van der Waals surface area contributed by atoms with Gasteiger partial charge in [0.05, 0.1) is 6.54 Å². The van der Waals surface area contributed by atoms with E-state index in [1.807, 2.05) is 26.0 Å². The number of nitrogens with zero attached hydrogens (tertiary/aromatic N) is 3. The van der Waals surface area contributed by atoms with E-state index in [4.69, 9.17) is 0 Å². The zero-order chi connectivity index (χ0) is 13.8. The summed E-state index contributed by atoms with van der Waals surface area (Å²) in [6.45, 7) is 5.07. The molecule has 0 aliphatic heterocycles. The number of nitrogens with one attached hydrogen (secondary N) is 1. The molecule has 0 atom stereocenters. The molecule has 2 aromatic rings. The highest BCUT2D eigenvalue weighted by Crippen LogP contribution is 2.13. The number of rotatable bonds is 4. The summed E-state index contributed by atoms with van der Waals surface area (Å²) in [5.74, 6) is 1.48. The van der Waals surface area contributed by atoms with Gasteiger partial charge in [-0.1, -0.05) is 6.07 Å². The minimum Gasteiger partial charge on any atom is -0.370 e. The van der Waals surface area contributed by atoms with Crippen LogP contribution in [0.15, 0.2) is 33.8 Å². The first kappa shape index (κ1) is 13.7. The fraction of sp³-hybridized carbons (Fsp3) is 0.308. The molecule has 0 saturated heterocycles. The molecule has 0 aliphatic rings. The molecule has 2 heterocycles. The lowest BCUT2D eigenvalue weighted by Crippen LogP contribution is -2.25. The minimum atomic E-state index is -0.0844. The van der Waals surface area contributed by atoms with Crippen LogP contribution in [0.1, 0.15) is 18.3 Å². The predicted molar refractivity (Wildman–Crippen MR) is 78.4 cm³/mol. The van der Waals surface area contributed by atoms with Crippen LogP contribution in [0.4, 0.5) is 5.82 Å². The van der Waals surface area contributed by atoms with Crippen molar-refractivity contribution in [2.24, 2.45) is 0 Å². The van der Waals surface area contributed by atoms with Crippen molar-refractivity contribution in [1.82, 2.24) is 14.5 Å². The molecule has 0 radical (unpaired) electrons. The van der Waals surface area contributed by atoms with Crippen LogP contribution in [0.3, 0.4) is 0 Å².